The van der Waals surface area contributed by atoms with E-state index in [-0.39, 0.29) is 12.7 Å². The van der Waals surface area contributed by atoms with E-state index in [1.807, 2.05) is 0 Å². The lowest BCUT2D eigenvalue weighted by atomic mass is 10.3. The van der Waals surface area contributed by atoms with Crippen molar-refractivity contribution in [3.05, 3.63) is 29.0 Å². The van der Waals surface area contributed by atoms with Crippen LogP contribution >= 0.6 is 11.6 Å². The molecule has 0 aliphatic rings. The maximum Gasteiger partial charge on any atom is 0.508 e. The molecule has 0 amide bonds. The Kier molecular flexibility index (Phi) is 4.46. The number of H-pyrrole nitrogens is 1. The highest BCUT2D eigenvalue weighted by atomic mass is 35.5. The second-order valence-corrected chi connectivity index (χ2v) is 5.05. The number of ether oxygens (including phenoxy) is 2. The number of halogens is 1. The van der Waals surface area contributed by atoms with Crippen LogP contribution in [-0.2, 0) is 9.47 Å². The summed E-state index contributed by atoms with van der Waals surface area (Å²) in [5.74, 6) is 0.527. The van der Waals surface area contributed by atoms with E-state index in [1.54, 1.807) is 32.0 Å². The Bertz CT molecular complexity index is 612. The van der Waals surface area contributed by atoms with Crippen LogP contribution in [0.15, 0.2) is 18.2 Å². The lowest BCUT2D eigenvalue weighted by molar-refractivity contribution is 0.0309. The van der Waals surface area contributed by atoms with Crippen molar-refractivity contribution < 1.29 is 14.3 Å². The van der Waals surface area contributed by atoms with Gasteiger partial charge in [-0.2, -0.15) is 0 Å². The molecule has 1 aromatic heterocycles. The number of carbonyl (C=O) groups is 1. The Morgan fingerprint density at radius 3 is 2.95 bits per heavy atom. The summed E-state index contributed by atoms with van der Waals surface area (Å²) in [7, 11) is 0. The Labute approximate surface area is 121 Å². The molecule has 0 aliphatic heterocycles. The first-order valence-corrected chi connectivity index (χ1v) is 6.57. The van der Waals surface area contributed by atoms with Crippen molar-refractivity contribution in [1.82, 2.24) is 9.97 Å². The van der Waals surface area contributed by atoms with E-state index in [2.05, 4.69) is 9.97 Å². The minimum atomic E-state index is -0.741. The van der Waals surface area contributed by atoms with Gasteiger partial charge >= 0.3 is 6.16 Å². The quantitative estimate of drug-likeness (QED) is 0.847. The van der Waals surface area contributed by atoms with E-state index < -0.39 is 12.2 Å². The molecule has 0 spiro atoms. The zero-order valence-corrected chi connectivity index (χ0v) is 12.0. The number of aromatic nitrogens is 2. The fourth-order valence-electron chi connectivity index (χ4n) is 1.64. The smallest absolute Gasteiger partial charge is 0.432 e. The third-order valence-electron chi connectivity index (χ3n) is 2.53. The molecular weight excluding hydrogens is 282 g/mol. The van der Waals surface area contributed by atoms with Gasteiger partial charge < -0.3 is 20.2 Å². The number of aromatic amines is 1. The normalized spacial score (nSPS) is 12.7. The summed E-state index contributed by atoms with van der Waals surface area (Å²) in [6, 6.07) is 4.74. The van der Waals surface area contributed by atoms with Crippen molar-refractivity contribution >= 4 is 28.8 Å². The molecule has 2 aromatic rings. The van der Waals surface area contributed by atoms with Gasteiger partial charge in [-0.1, -0.05) is 11.6 Å². The number of fused-ring (bicyclic) bond motifs is 1. The zero-order valence-electron chi connectivity index (χ0n) is 11.2. The minimum Gasteiger partial charge on any atom is -0.432 e. The van der Waals surface area contributed by atoms with Gasteiger partial charge in [0, 0.05) is 5.02 Å². The number of hydrogen-bond acceptors (Lipinski definition) is 5. The van der Waals surface area contributed by atoms with E-state index in [1.165, 1.54) is 0 Å². The van der Waals surface area contributed by atoms with Gasteiger partial charge in [0.15, 0.2) is 0 Å². The first kappa shape index (κ1) is 14.6. The SMILES string of the molecule is CC(C)OC(=O)OCC(N)c1nc2ccc(Cl)cc2[nH]1. The van der Waals surface area contributed by atoms with Crippen LogP contribution in [0.4, 0.5) is 4.79 Å². The van der Waals surface area contributed by atoms with Crippen molar-refractivity contribution in [3.63, 3.8) is 0 Å². The van der Waals surface area contributed by atoms with E-state index in [9.17, 15) is 4.79 Å². The predicted molar refractivity (Wildman–Crippen MR) is 75.6 cm³/mol. The Hall–Kier alpha value is -1.79. The van der Waals surface area contributed by atoms with E-state index in [4.69, 9.17) is 26.8 Å². The van der Waals surface area contributed by atoms with E-state index >= 15 is 0 Å². The molecule has 7 heteroatoms. The molecule has 0 radical (unpaired) electrons. The average molecular weight is 298 g/mol. The summed E-state index contributed by atoms with van der Waals surface area (Å²) in [6.45, 7) is 3.47. The largest absolute Gasteiger partial charge is 0.508 e. The molecule has 6 nitrogen and oxygen atoms in total. The van der Waals surface area contributed by atoms with E-state index in [0.717, 1.165) is 11.0 Å². The number of nitrogens with one attached hydrogen (secondary N) is 1. The standard InChI is InChI=1S/C13H16ClN3O3/c1-7(2)20-13(18)19-6-9(15)12-16-10-4-3-8(14)5-11(10)17-12/h3-5,7,9H,6,15H2,1-2H3,(H,16,17). The molecule has 0 fully saturated rings. The highest BCUT2D eigenvalue weighted by Gasteiger charge is 2.15. The summed E-state index contributed by atoms with van der Waals surface area (Å²) >= 11 is 5.89. The number of benzene rings is 1. The average Bonchev–Trinajstić information content (AvgIpc) is 2.78. The fraction of sp³-hybridized carbons (Fsp3) is 0.385. The predicted octanol–water partition coefficient (Wildman–Crippen LogP) is 2.78. The molecule has 108 valence electrons. The van der Waals surface area contributed by atoms with Crippen LogP contribution in [0.5, 0.6) is 0 Å². The van der Waals surface area contributed by atoms with Gasteiger partial charge in [0.25, 0.3) is 0 Å². The third kappa shape index (κ3) is 3.61. The first-order valence-electron chi connectivity index (χ1n) is 6.20. The van der Waals surface area contributed by atoms with Crippen LogP contribution < -0.4 is 5.73 Å². The van der Waals surface area contributed by atoms with Crippen LogP contribution in [0.25, 0.3) is 11.0 Å². The van der Waals surface area contributed by atoms with Crippen molar-refractivity contribution in [2.24, 2.45) is 5.73 Å². The van der Waals surface area contributed by atoms with Crippen molar-refractivity contribution in [3.8, 4) is 0 Å². The molecule has 20 heavy (non-hydrogen) atoms. The fourth-order valence-corrected chi connectivity index (χ4v) is 1.81. The topological polar surface area (TPSA) is 90.2 Å². The highest BCUT2D eigenvalue weighted by molar-refractivity contribution is 6.31. The monoisotopic (exact) mass is 297 g/mol. The van der Waals surface area contributed by atoms with Crippen molar-refractivity contribution in [2.45, 2.75) is 26.0 Å². The molecule has 1 atom stereocenters. The summed E-state index contributed by atoms with van der Waals surface area (Å²) in [5.41, 5.74) is 7.46. The molecule has 1 unspecified atom stereocenters. The lowest BCUT2D eigenvalue weighted by Crippen LogP contribution is -2.22. The molecule has 0 bridgehead atoms. The molecule has 3 N–H and O–H groups in total. The van der Waals surface area contributed by atoms with Gasteiger partial charge in [0.2, 0.25) is 0 Å². The second-order valence-electron chi connectivity index (χ2n) is 4.62. The van der Waals surface area contributed by atoms with Gasteiger partial charge in [0.05, 0.1) is 23.2 Å². The molecule has 0 aliphatic carbocycles. The Morgan fingerprint density at radius 1 is 1.50 bits per heavy atom. The summed E-state index contributed by atoms with van der Waals surface area (Å²) in [4.78, 5) is 18.6. The zero-order chi connectivity index (χ0) is 14.7. The number of carbonyl (C=O) groups excluding carboxylic acids is 1. The van der Waals surface area contributed by atoms with Gasteiger partial charge in [0.1, 0.15) is 12.4 Å². The third-order valence-corrected chi connectivity index (χ3v) is 2.76. The molecule has 1 heterocycles. The van der Waals surface area contributed by atoms with Gasteiger partial charge in [-0.05, 0) is 32.0 Å². The van der Waals surface area contributed by atoms with Gasteiger partial charge in [-0.15, -0.1) is 0 Å². The molecular formula is C13H16ClN3O3. The number of hydrogen-bond donors (Lipinski definition) is 2. The van der Waals surface area contributed by atoms with Crippen LogP contribution in [0.2, 0.25) is 5.02 Å². The van der Waals surface area contributed by atoms with Gasteiger partial charge in [-0.3, -0.25) is 0 Å². The lowest BCUT2D eigenvalue weighted by Gasteiger charge is -2.11. The number of rotatable bonds is 4. The second kappa shape index (κ2) is 6.11. The highest BCUT2D eigenvalue weighted by Crippen LogP contribution is 2.19. The van der Waals surface area contributed by atoms with E-state index in [0.29, 0.717) is 10.8 Å². The number of imidazole rings is 1. The Balaban J connectivity index is 2.00. The van der Waals surface area contributed by atoms with Crippen LogP contribution in [0.1, 0.15) is 25.7 Å². The van der Waals surface area contributed by atoms with Crippen LogP contribution in [-0.4, -0.2) is 28.8 Å². The molecule has 0 saturated heterocycles. The number of nitrogens with two attached hydrogens (primary N) is 1. The summed E-state index contributed by atoms with van der Waals surface area (Å²) in [6.07, 6.45) is -0.971. The van der Waals surface area contributed by atoms with Crippen LogP contribution in [0.3, 0.4) is 0 Å². The summed E-state index contributed by atoms with van der Waals surface area (Å²) < 4.78 is 9.76. The summed E-state index contributed by atoms with van der Waals surface area (Å²) in [5, 5.41) is 0.609. The maximum atomic E-state index is 11.3. The minimum absolute atomic E-state index is 0.0148. The Morgan fingerprint density at radius 2 is 2.25 bits per heavy atom. The van der Waals surface area contributed by atoms with Crippen molar-refractivity contribution in [1.29, 1.82) is 0 Å². The molecule has 1 aromatic carbocycles. The molecule has 2 rings (SSSR count). The maximum absolute atomic E-state index is 11.3. The molecule has 0 saturated carbocycles. The number of nitrogens with zero attached hydrogens (tertiary/aromatic N) is 1. The van der Waals surface area contributed by atoms with Gasteiger partial charge in [-0.25, -0.2) is 9.78 Å². The van der Waals surface area contributed by atoms with Crippen molar-refractivity contribution in [2.75, 3.05) is 6.61 Å². The first-order chi connectivity index (χ1) is 9.45. The van der Waals surface area contributed by atoms with Crippen LogP contribution in [0, 0.1) is 0 Å².